The summed E-state index contributed by atoms with van der Waals surface area (Å²) in [7, 11) is 0. The third-order valence-corrected chi connectivity index (χ3v) is 4.53. The van der Waals surface area contributed by atoms with Crippen molar-refractivity contribution in [1.82, 2.24) is 15.4 Å². The predicted molar refractivity (Wildman–Crippen MR) is 92.8 cm³/mol. The topological polar surface area (TPSA) is 82.2 Å². The molecule has 1 aliphatic heterocycles. The Hall–Kier alpha value is -2.65. The molecule has 1 saturated heterocycles. The summed E-state index contributed by atoms with van der Waals surface area (Å²) in [6, 6.07) is 11.6. The fourth-order valence-electron chi connectivity index (χ4n) is 3.13. The van der Waals surface area contributed by atoms with Gasteiger partial charge in [0.25, 0.3) is 5.91 Å². The minimum atomic E-state index is -0.202. The van der Waals surface area contributed by atoms with Gasteiger partial charge in [-0.1, -0.05) is 24.2 Å². The lowest BCUT2D eigenvalue weighted by Crippen LogP contribution is -2.30. The molecule has 2 aromatic rings. The number of aromatic nitrogens is 1. The summed E-state index contributed by atoms with van der Waals surface area (Å²) in [6.07, 6.45) is 1.80. The molecule has 0 radical (unpaired) electrons. The second-order valence-corrected chi connectivity index (χ2v) is 6.45. The van der Waals surface area contributed by atoms with Crippen molar-refractivity contribution in [3.05, 3.63) is 52.9 Å². The van der Waals surface area contributed by atoms with E-state index in [2.05, 4.69) is 21.4 Å². The molecule has 0 unspecified atom stereocenters. The normalized spacial score (nSPS) is 17.4. The Balaban J connectivity index is 1.46. The zero-order chi connectivity index (χ0) is 17.6. The number of likely N-dealkylation sites (tertiary alicyclic amines) is 1. The van der Waals surface area contributed by atoms with E-state index in [-0.39, 0.29) is 11.7 Å². The molecule has 6 heteroatoms. The molecule has 1 aromatic heterocycles. The van der Waals surface area contributed by atoms with Gasteiger partial charge in [0.1, 0.15) is 0 Å². The molecule has 0 aliphatic carbocycles. The summed E-state index contributed by atoms with van der Waals surface area (Å²) in [6.45, 7) is 5.38. The second-order valence-electron chi connectivity index (χ2n) is 6.45. The van der Waals surface area contributed by atoms with Crippen LogP contribution in [0.2, 0.25) is 0 Å². The van der Waals surface area contributed by atoms with Crippen molar-refractivity contribution in [2.75, 3.05) is 19.6 Å². The van der Waals surface area contributed by atoms with E-state index in [9.17, 15) is 4.79 Å². The third-order valence-electron chi connectivity index (χ3n) is 4.53. The number of rotatable bonds is 6. The molecule has 1 atom stereocenters. The highest BCUT2D eigenvalue weighted by Crippen LogP contribution is 2.19. The standard InChI is InChI=1S/C19H22N4O2/c1-2-17-9-18(25-22-17)19(24)21-11-16-6-7-23(13-16)12-15-5-3-4-14(8-15)10-20/h3-5,8-9,16H,2,6-7,11-13H2,1H3,(H,21,24)/t16-/m1/s1. The van der Waals surface area contributed by atoms with Crippen LogP contribution in [0.3, 0.4) is 0 Å². The van der Waals surface area contributed by atoms with Crippen molar-refractivity contribution in [2.24, 2.45) is 5.92 Å². The summed E-state index contributed by atoms with van der Waals surface area (Å²) >= 11 is 0. The third kappa shape index (κ3) is 4.46. The van der Waals surface area contributed by atoms with E-state index in [1.54, 1.807) is 6.07 Å². The van der Waals surface area contributed by atoms with E-state index >= 15 is 0 Å². The van der Waals surface area contributed by atoms with Gasteiger partial charge < -0.3 is 9.84 Å². The molecule has 2 heterocycles. The van der Waals surface area contributed by atoms with Gasteiger partial charge >= 0.3 is 0 Å². The van der Waals surface area contributed by atoms with Crippen molar-refractivity contribution < 1.29 is 9.32 Å². The van der Waals surface area contributed by atoms with Crippen LogP contribution in [0.25, 0.3) is 0 Å². The molecule has 3 rings (SSSR count). The number of hydrogen-bond donors (Lipinski definition) is 1. The molecule has 130 valence electrons. The largest absolute Gasteiger partial charge is 0.351 e. The number of nitrogens with zero attached hydrogens (tertiary/aromatic N) is 3. The number of nitriles is 1. The van der Waals surface area contributed by atoms with Gasteiger partial charge in [0.05, 0.1) is 17.3 Å². The fraction of sp³-hybridized carbons (Fsp3) is 0.421. The first kappa shape index (κ1) is 17.2. The minimum absolute atomic E-state index is 0.202. The van der Waals surface area contributed by atoms with Crippen molar-refractivity contribution in [3.63, 3.8) is 0 Å². The Morgan fingerprint density at radius 3 is 3.12 bits per heavy atom. The second kappa shape index (κ2) is 7.95. The average molecular weight is 338 g/mol. The van der Waals surface area contributed by atoms with Gasteiger partial charge in [-0.3, -0.25) is 9.69 Å². The zero-order valence-corrected chi connectivity index (χ0v) is 14.4. The van der Waals surface area contributed by atoms with Gasteiger partial charge in [0.15, 0.2) is 0 Å². The smallest absolute Gasteiger partial charge is 0.289 e. The number of aryl methyl sites for hydroxylation is 1. The Bertz CT molecular complexity index is 778. The lowest BCUT2D eigenvalue weighted by atomic mass is 10.1. The molecule has 1 fully saturated rings. The quantitative estimate of drug-likeness (QED) is 0.874. The lowest BCUT2D eigenvalue weighted by molar-refractivity contribution is 0.0910. The van der Waals surface area contributed by atoms with E-state index in [0.717, 1.165) is 43.7 Å². The van der Waals surface area contributed by atoms with Gasteiger partial charge in [-0.2, -0.15) is 5.26 Å². The summed E-state index contributed by atoms with van der Waals surface area (Å²) < 4.78 is 5.06. The highest BCUT2D eigenvalue weighted by atomic mass is 16.5. The SMILES string of the molecule is CCc1cc(C(=O)NC[C@H]2CCN(Cc3cccc(C#N)c3)C2)on1. The highest BCUT2D eigenvalue weighted by molar-refractivity contribution is 5.91. The van der Waals surface area contributed by atoms with Crippen LogP contribution < -0.4 is 5.32 Å². The van der Waals surface area contributed by atoms with Crippen molar-refractivity contribution in [1.29, 1.82) is 5.26 Å². The van der Waals surface area contributed by atoms with Gasteiger partial charge in [-0.05, 0) is 43.0 Å². The maximum atomic E-state index is 12.1. The van der Waals surface area contributed by atoms with Gasteiger partial charge in [-0.25, -0.2) is 0 Å². The van der Waals surface area contributed by atoms with Crippen LogP contribution in [0.1, 0.15) is 40.7 Å². The van der Waals surface area contributed by atoms with Crippen LogP contribution in [0.5, 0.6) is 0 Å². The Morgan fingerprint density at radius 2 is 2.36 bits per heavy atom. The van der Waals surface area contributed by atoms with Crippen LogP contribution in [0.4, 0.5) is 0 Å². The van der Waals surface area contributed by atoms with E-state index in [4.69, 9.17) is 9.78 Å². The van der Waals surface area contributed by atoms with Gasteiger partial charge in [0.2, 0.25) is 5.76 Å². The van der Waals surface area contributed by atoms with Crippen LogP contribution in [0, 0.1) is 17.2 Å². The van der Waals surface area contributed by atoms with E-state index in [1.165, 1.54) is 0 Å². The van der Waals surface area contributed by atoms with Crippen molar-refractivity contribution in [3.8, 4) is 6.07 Å². The first-order chi connectivity index (χ1) is 12.2. The first-order valence-electron chi connectivity index (χ1n) is 8.63. The highest BCUT2D eigenvalue weighted by Gasteiger charge is 2.23. The predicted octanol–water partition coefficient (Wildman–Crippen LogP) is 2.36. The first-order valence-corrected chi connectivity index (χ1v) is 8.63. The molecule has 1 amide bonds. The number of amides is 1. The summed E-state index contributed by atoms with van der Waals surface area (Å²) in [5.41, 5.74) is 2.63. The molecular weight excluding hydrogens is 316 g/mol. The van der Waals surface area contributed by atoms with Crippen LogP contribution >= 0.6 is 0 Å². The zero-order valence-electron chi connectivity index (χ0n) is 14.4. The Labute approximate surface area is 147 Å². The van der Waals surface area contributed by atoms with Crippen molar-refractivity contribution in [2.45, 2.75) is 26.3 Å². The minimum Gasteiger partial charge on any atom is -0.351 e. The van der Waals surface area contributed by atoms with Crippen molar-refractivity contribution >= 4 is 5.91 Å². The van der Waals surface area contributed by atoms with E-state index in [0.29, 0.717) is 18.0 Å². The van der Waals surface area contributed by atoms with Gasteiger partial charge in [0, 0.05) is 25.7 Å². The molecule has 0 spiro atoms. The number of nitrogens with one attached hydrogen (secondary N) is 1. The van der Waals surface area contributed by atoms with E-state index < -0.39 is 0 Å². The molecule has 6 nitrogen and oxygen atoms in total. The Morgan fingerprint density at radius 1 is 1.48 bits per heavy atom. The van der Waals surface area contributed by atoms with Crippen LogP contribution in [-0.2, 0) is 13.0 Å². The molecule has 1 N–H and O–H groups in total. The van der Waals surface area contributed by atoms with E-state index in [1.807, 2.05) is 31.2 Å². The fourth-order valence-corrected chi connectivity index (χ4v) is 3.13. The number of hydrogen-bond acceptors (Lipinski definition) is 5. The molecular formula is C19H22N4O2. The Kier molecular flexibility index (Phi) is 5.46. The molecule has 0 bridgehead atoms. The molecule has 0 saturated carbocycles. The molecule has 1 aliphatic rings. The van der Waals surface area contributed by atoms with Crippen LogP contribution in [-0.4, -0.2) is 35.6 Å². The van der Waals surface area contributed by atoms with Crippen LogP contribution in [0.15, 0.2) is 34.9 Å². The number of carbonyl (C=O) groups excluding carboxylic acids is 1. The summed E-state index contributed by atoms with van der Waals surface area (Å²) in [5.74, 6) is 0.504. The lowest BCUT2D eigenvalue weighted by Gasteiger charge is -2.16. The van der Waals surface area contributed by atoms with Gasteiger partial charge in [-0.15, -0.1) is 0 Å². The maximum absolute atomic E-state index is 12.1. The number of carbonyl (C=O) groups is 1. The summed E-state index contributed by atoms with van der Waals surface area (Å²) in [4.78, 5) is 14.4. The average Bonchev–Trinajstić information content (AvgIpc) is 3.29. The monoisotopic (exact) mass is 338 g/mol. The number of benzene rings is 1. The molecule has 1 aromatic carbocycles. The summed E-state index contributed by atoms with van der Waals surface area (Å²) in [5, 5.41) is 15.8. The molecule has 25 heavy (non-hydrogen) atoms. The maximum Gasteiger partial charge on any atom is 0.289 e.